The molecule has 2 heterocycles. The molecule has 0 unspecified atom stereocenters. The molecule has 7 nitrogen and oxygen atoms in total. The van der Waals surface area contributed by atoms with Crippen LogP contribution in [0.5, 0.6) is 0 Å². The number of para-hydroxylation sites is 1. The molecule has 2 amide bonds. The van der Waals surface area contributed by atoms with Crippen molar-refractivity contribution in [1.82, 2.24) is 15.2 Å². The van der Waals surface area contributed by atoms with Gasteiger partial charge in [0.05, 0.1) is 5.52 Å². The molecule has 2 aliphatic carbocycles. The molecule has 2 fully saturated rings. The van der Waals surface area contributed by atoms with Gasteiger partial charge in [-0.1, -0.05) is 69.2 Å². The van der Waals surface area contributed by atoms with Crippen molar-refractivity contribution >= 4 is 28.7 Å². The second-order valence-electron chi connectivity index (χ2n) is 11.2. The second-order valence-corrected chi connectivity index (χ2v) is 11.2. The summed E-state index contributed by atoms with van der Waals surface area (Å²) in [6, 6.07) is 11.6. The topological polar surface area (TPSA) is 101 Å². The summed E-state index contributed by atoms with van der Waals surface area (Å²) in [7, 11) is 1.74. The van der Waals surface area contributed by atoms with E-state index in [1.54, 1.807) is 13.1 Å². The maximum absolute atomic E-state index is 13.4. The van der Waals surface area contributed by atoms with Crippen molar-refractivity contribution in [1.29, 1.82) is 0 Å². The normalized spacial score (nSPS) is 27.3. The second kappa shape index (κ2) is 10.6. The maximum atomic E-state index is 13.4. The van der Waals surface area contributed by atoms with E-state index in [1.807, 2.05) is 30.3 Å². The monoisotopic (exact) mass is 489 g/mol. The molecule has 192 valence electrons. The lowest BCUT2D eigenvalue weighted by Gasteiger charge is -2.35. The van der Waals surface area contributed by atoms with Crippen molar-refractivity contribution in [3.8, 4) is 0 Å². The van der Waals surface area contributed by atoms with Crippen molar-refractivity contribution in [3.05, 3.63) is 42.1 Å². The quantitative estimate of drug-likeness (QED) is 0.583. The number of carbonyl (C=O) groups excluding carboxylic acids is 2. The van der Waals surface area contributed by atoms with E-state index in [0.717, 1.165) is 49.4 Å². The third kappa shape index (κ3) is 5.25. The number of fused-ring (bicyclic) bond motifs is 1. The van der Waals surface area contributed by atoms with E-state index in [1.165, 1.54) is 37.0 Å². The minimum Gasteiger partial charge on any atom is -0.369 e. The number of nitrogens with one attached hydrogen (secondary N) is 1. The first-order valence-corrected chi connectivity index (χ1v) is 13.7. The summed E-state index contributed by atoms with van der Waals surface area (Å²) in [5, 5.41) is 4.25. The summed E-state index contributed by atoms with van der Waals surface area (Å²) in [4.78, 5) is 37.3. The van der Waals surface area contributed by atoms with E-state index in [0.29, 0.717) is 29.9 Å². The van der Waals surface area contributed by atoms with Crippen molar-refractivity contribution in [2.45, 2.75) is 88.6 Å². The van der Waals surface area contributed by atoms with Gasteiger partial charge in [0.25, 0.3) is 11.8 Å². The third-order valence-electron chi connectivity index (χ3n) is 8.64. The Morgan fingerprint density at radius 3 is 2.61 bits per heavy atom. The first-order chi connectivity index (χ1) is 17.4. The van der Waals surface area contributed by atoms with Gasteiger partial charge in [-0.15, -0.1) is 0 Å². The first kappa shape index (κ1) is 24.7. The molecule has 2 aromatic rings. The Hall–Kier alpha value is -2.96. The van der Waals surface area contributed by atoms with Crippen molar-refractivity contribution in [2.24, 2.45) is 22.6 Å². The minimum absolute atomic E-state index is 0.0438. The lowest BCUT2D eigenvalue weighted by Crippen LogP contribution is -2.45. The van der Waals surface area contributed by atoms with Gasteiger partial charge in [0.2, 0.25) is 0 Å². The molecule has 5 rings (SSSR count). The van der Waals surface area contributed by atoms with Crippen LogP contribution in [0.15, 0.2) is 41.4 Å². The number of benzene rings is 1. The molecule has 1 aromatic carbocycles. The van der Waals surface area contributed by atoms with Crippen LogP contribution in [-0.2, 0) is 4.79 Å². The minimum atomic E-state index is -0.743. The summed E-state index contributed by atoms with van der Waals surface area (Å²) in [6.45, 7) is 0. The zero-order valence-electron chi connectivity index (χ0n) is 21.4. The number of pyridine rings is 1. The van der Waals surface area contributed by atoms with Gasteiger partial charge in [-0.2, -0.15) is 0 Å². The SMILES string of the molecule is CN1C(=O)[C@@](CCC2CCCCC2)(C[C@H]2CCC[C@@H](NC(=O)c3ccc4ccccc4n3)C2)N=C1N. The number of rotatable bonds is 7. The first-order valence-electron chi connectivity index (χ1n) is 13.7. The lowest BCUT2D eigenvalue weighted by molar-refractivity contribution is -0.131. The third-order valence-corrected chi connectivity index (χ3v) is 8.64. The zero-order valence-corrected chi connectivity index (χ0v) is 21.4. The van der Waals surface area contributed by atoms with Crippen LogP contribution in [0.2, 0.25) is 0 Å². The summed E-state index contributed by atoms with van der Waals surface area (Å²) < 4.78 is 0. The predicted octanol–water partition coefficient (Wildman–Crippen LogP) is 4.80. The molecule has 0 saturated heterocycles. The molecule has 1 aromatic heterocycles. The lowest BCUT2D eigenvalue weighted by atomic mass is 9.74. The molecule has 0 spiro atoms. The highest BCUT2D eigenvalue weighted by Gasteiger charge is 2.48. The number of nitrogens with two attached hydrogens (primary N) is 1. The number of aromatic nitrogens is 1. The fourth-order valence-corrected chi connectivity index (χ4v) is 6.61. The number of carbonyl (C=O) groups is 2. The molecule has 36 heavy (non-hydrogen) atoms. The molecule has 7 heteroatoms. The number of nitrogens with zero attached hydrogens (tertiary/aromatic N) is 3. The summed E-state index contributed by atoms with van der Waals surface area (Å²) >= 11 is 0. The van der Waals surface area contributed by atoms with Crippen molar-refractivity contribution in [2.75, 3.05) is 7.05 Å². The van der Waals surface area contributed by atoms with E-state index in [4.69, 9.17) is 10.7 Å². The highest BCUT2D eigenvalue weighted by atomic mass is 16.2. The Balaban J connectivity index is 1.24. The van der Waals surface area contributed by atoms with Gasteiger partial charge in [-0.3, -0.25) is 14.5 Å². The molecule has 0 radical (unpaired) electrons. The number of amides is 2. The Bertz CT molecular complexity index is 1140. The van der Waals surface area contributed by atoms with Crippen molar-refractivity contribution < 1.29 is 9.59 Å². The van der Waals surface area contributed by atoms with Crippen LogP contribution in [-0.4, -0.2) is 46.3 Å². The van der Waals surface area contributed by atoms with Crippen LogP contribution in [0.3, 0.4) is 0 Å². The average molecular weight is 490 g/mol. The van der Waals surface area contributed by atoms with Crippen LogP contribution in [0, 0.1) is 11.8 Å². The number of aliphatic imine (C=N–C) groups is 1. The highest BCUT2D eigenvalue weighted by molar-refractivity contribution is 6.06. The maximum Gasteiger partial charge on any atom is 0.270 e. The molecule has 3 atom stereocenters. The van der Waals surface area contributed by atoms with Gasteiger partial charge >= 0.3 is 0 Å². The van der Waals surface area contributed by atoms with Gasteiger partial charge in [0.15, 0.2) is 5.96 Å². The van der Waals surface area contributed by atoms with Crippen LogP contribution in [0.4, 0.5) is 0 Å². The average Bonchev–Trinajstić information content (AvgIpc) is 3.11. The number of hydrogen-bond donors (Lipinski definition) is 2. The Kier molecular flexibility index (Phi) is 7.26. The van der Waals surface area contributed by atoms with Crippen molar-refractivity contribution in [3.63, 3.8) is 0 Å². The number of guanidine groups is 1. The molecule has 0 bridgehead atoms. The van der Waals surface area contributed by atoms with Crippen LogP contribution in [0.1, 0.15) is 87.5 Å². The Morgan fingerprint density at radius 1 is 1.06 bits per heavy atom. The molecule has 1 aliphatic heterocycles. The smallest absolute Gasteiger partial charge is 0.270 e. The van der Waals surface area contributed by atoms with Gasteiger partial charge in [-0.25, -0.2) is 9.98 Å². The zero-order chi connectivity index (χ0) is 25.1. The molecule has 2 saturated carbocycles. The number of likely N-dealkylation sites (N-methyl/N-ethyl adjacent to an activating group) is 1. The standard InChI is InChI=1S/C29H39N5O2/c1-34-27(36)29(33-28(34)30,17-16-20-8-3-2-4-9-20)19-21-10-7-12-23(18-21)31-26(35)25-15-14-22-11-5-6-13-24(22)32-25/h5-6,11,13-15,20-21,23H,2-4,7-10,12,16-19H2,1H3,(H2,30,33)(H,31,35)/t21-,23+,29+/m0/s1. The van der Waals surface area contributed by atoms with E-state index < -0.39 is 5.54 Å². The van der Waals surface area contributed by atoms with Gasteiger partial charge in [0.1, 0.15) is 11.2 Å². The molecular weight excluding hydrogens is 450 g/mol. The van der Waals surface area contributed by atoms with Gasteiger partial charge < -0.3 is 11.1 Å². The van der Waals surface area contributed by atoms with E-state index in [9.17, 15) is 9.59 Å². The number of hydrogen-bond acceptors (Lipinski definition) is 5. The highest BCUT2D eigenvalue weighted by Crippen LogP contribution is 2.40. The van der Waals surface area contributed by atoms with Crippen LogP contribution < -0.4 is 11.1 Å². The summed E-state index contributed by atoms with van der Waals surface area (Å²) in [5.74, 6) is 1.27. The molecule has 3 aliphatic rings. The van der Waals surface area contributed by atoms with E-state index >= 15 is 0 Å². The van der Waals surface area contributed by atoms with Gasteiger partial charge in [-0.05, 0) is 56.1 Å². The fourth-order valence-electron chi connectivity index (χ4n) is 6.61. The Morgan fingerprint density at radius 2 is 1.83 bits per heavy atom. The van der Waals surface area contributed by atoms with Crippen LogP contribution in [0.25, 0.3) is 10.9 Å². The van der Waals surface area contributed by atoms with E-state index in [2.05, 4.69) is 10.3 Å². The Labute approximate surface area is 213 Å². The predicted molar refractivity (Wildman–Crippen MR) is 143 cm³/mol. The van der Waals surface area contributed by atoms with E-state index in [-0.39, 0.29) is 17.9 Å². The fraction of sp³-hybridized carbons (Fsp3) is 0.586. The van der Waals surface area contributed by atoms with Crippen LogP contribution >= 0.6 is 0 Å². The van der Waals surface area contributed by atoms with Gasteiger partial charge in [0, 0.05) is 18.5 Å². The molecular formula is C29H39N5O2. The summed E-state index contributed by atoms with van der Waals surface area (Å²) in [6.07, 6.45) is 12.9. The molecule has 3 N–H and O–H groups in total. The largest absolute Gasteiger partial charge is 0.369 e. The summed E-state index contributed by atoms with van der Waals surface area (Å²) in [5.41, 5.74) is 6.68.